The maximum absolute atomic E-state index is 6.05. The molecule has 0 aliphatic rings. The van der Waals surface area contributed by atoms with Gasteiger partial charge in [0.05, 0.1) is 11.6 Å². The predicted molar refractivity (Wildman–Crippen MR) is 94.0 cm³/mol. The van der Waals surface area contributed by atoms with Crippen LogP contribution in [-0.4, -0.2) is 30.1 Å². The van der Waals surface area contributed by atoms with Crippen LogP contribution in [0.2, 0.25) is 5.02 Å². The molecule has 1 atom stereocenters. The number of guanidine groups is 1. The zero-order chi connectivity index (χ0) is 16.5. The van der Waals surface area contributed by atoms with E-state index in [1.807, 2.05) is 43.3 Å². The van der Waals surface area contributed by atoms with Crippen LogP contribution in [0.15, 0.2) is 53.7 Å². The number of ether oxygens (including phenoxy) is 1. The fourth-order valence-electron chi connectivity index (χ4n) is 1.94. The van der Waals surface area contributed by atoms with Crippen LogP contribution in [0.25, 0.3) is 0 Å². The molecule has 6 heteroatoms. The van der Waals surface area contributed by atoms with Gasteiger partial charge in [0.15, 0.2) is 5.96 Å². The smallest absolute Gasteiger partial charge is 0.188 e. The van der Waals surface area contributed by atoms with E-state index in [4.69, 9.17) is 22.1 Å². The maximum Gasteiger partial charge on any atom is 0.188 e. The quantitative estimate of drug-likeness (QED) is 0.604. The van der Waals surface area contributed by atoms with E-state index < -0.39 is 0 Å². The summed E-state index contributed by atoms with van der Waals surface area (Å²) in [6.45, 7) is 3.06. The third-order valence-electron chi connectivity index (χ3n) is 3.10. The average molecular weight is 333 g/mol. The van der Waals surface area contributed by atoms with Crippen molar-refractivity contribution in [3.8, 4) is 5.75 Å². The molecule has 1 aromatic carbocycles. The molecule has 2 rings (SSSR count). The van der Waals surface area contributed by atoms with Gasteiger partial charge in [-0.05, 0) is 31.2 Å². The highest BCUT2D eigenvalue weighted by Crippen LogP contribution is 2.24. The lowest BCUT2D eigenvalue weighted by Gasteiger charge is -2.14. The van der Waals surface area contributed by atoms with E-state index in [1.54, 1.807) is 12.3 Å². The van der Waals surface area contributed by atoms with Crippen molar-refractivity contribution in [2.75, 3.05) is 13.1 Å². The summed E-state index contributed by atoms with van der Waals surface area (Å²) in [4.78, 5) is 8.53. The van der Waals surface area contributed by atoms with Gasteiger partial charge in [-0.1, -0.05) is 29.8 Å². The lowest BCUT2D eigenvalue weighted by molar-refractivity contribution is 0.230. The molecule has 0 fully saturated rings. The molecule has 3 N–H and O–H groups in total. The van der Waals surface area contributed by atoms with Crippen LogP contribution < -0.4 is 15.8 Å². The summed E-state index contributed by atoms with van der Waals surface area (Å²) in [6.07, 6.45) is 2.45. The predicted octanol–water partition coefficient (Wildman–Crippen LogP) is 2.65. The number of hydrogen-bond donors (Lipinski definition) is 2. The number of halogens is 1. The van der Waals surface area contributed by atoms with E-state index in [2.05, 4.69) is 15.3 Å². The van der Waals surface area contributed by atoms with Crippen molar-refractivity contribution in [2.45, 2.75) is 19.4 Å². The minimum Gasteiger partial charge on any atom is -0.487 e. The molecule has 2 aromatic rings. The fourth-order valence-corrected chi connectivity index (χ4v) is 2.12. The van der Waals surface area contributed by atoms with E-state index in [0.717, 1.165) is 12.1 Å². The first-order valence-electron chi connectivity index (χ1n) is 7.50. The number of para-hydroxylation sites is 1. The number of rotatable bonds is 7. The summed E-state index contributed by atoms with van der Waals surface area (Å²) in [7, 11) is 0. The average Bonchev–Trinajstić information content (AvgIpc) is 2.56. The Morgan fingerprint density at radius 2 is 2.09 bits per heavy atom. The normalized spacial score (nSPS) is 12.7. The number of nitrogens with one attached hydrogen (secondary N) is 1. The lowest BCUT2D eigenvalue weighted by Crippen LogP contribution is -2.34. The third-order valence-corrected chi connectivity index (χ3v) is 3.41. The lowest BCUT2D eigenvalue weighted by atomic mass is 10.3. The topological polar surface area (TPSA) is 72.5 Å². The second-order valence-electron chi connectivity index (χ2n) is 5.08. The first-order valence-corrected chi connectivity index (χ1v) is 7.88. The van der Waals surface area contributed by atoms with E-state index in [1.165, 1.54) is 0 Å². The fraction of sp³-hybridized carbons (Fsp3) is 0.294. The van der Waals surface area contributed by atoms with Gasteiger partial charge in [-0.25, -0.2) is 4.99 Å². The molecule has 5 nitrogen and oxygen atoms in total. The molecular weight excluding hydrogens is 312 g/mol. The number of nitrogens with zero attached hydrogens (tertiary/aromatic N) is 2. The molecule has 0 saturated heterocycles. The first-order chi connectivity index (χ1) is 11.1. The number of hydrogen-bond acceptors (Lipinski definition) is 3. The SMILES string of the molecule is CC(CN=C(N)NCCc1ccccn1)Oc1ccccc1Cl. The van der Waals surface area contributed by atoms with E-state index in [9.17, 15) is 0 Å². The summed E-state index contributed by atoms with van der Waals surface area (Å²) in [5.41, 5.74) is 6.86. The Hall–Kier alpha value is -2.27. The molecule has 122 valence electrons. The van der Waals surface area contributed by atoms with Gasteiger partial charge in [0, 0.05) is 24.9 Å². The molecule has 0 spiro atoms. The summed E-state index contributed by atoms with van der Waals surface area (Å²) in [5, 5.41) is 3.66. The number of aromatic nitrogens is 1. The second kappa shape index (κ2) is 9.00. The maximum atomic E-state index is 6.05. The first kappa shape index (κ1) is 17.1. The van der Waals surface area contributed by atoms with Gasteiger partial charge < -0.3 is 15.8 Å². The van der Waals surface area contributed by atoms with Gasteiger partial charge in [0.1, 0.15) is 11.9 Å². The highest BCUT2D eigenvalue weighted by atomic mass is 35.5. The molecule has 0 aliphatic heterocycles. The molecule has 23 heavy (non-hydrogen) atoms. The second-order valence-corrected chi connectivity index (χ2v) is 5.49. The van der Waals surface area contributed by atoms with Crippen molar-refractivity contribution in [2.24, 2.45) is 10.7 Å². The molecule has 0 radical (unpaired) electrons. The summed E-state index contributed by atoms with van der Waals surface area (Å²) < 4.78 is 5.74. The molecule has 1 unspecified atom stereocenters. The van der Waals surface area contributed by atoms with Crippen molar-refractivity contribution in [3.63, 3.8) is 0 Å². The molecule has 0 aliphatic carbocycles. The van der Waals surface area contributed by atoms with Crippen LogP contribution in [-0.2, 0) is 6.42 Å². The Morgan fingerprint density at radius 3 is 2.83 bits per heavy atom. The van der Waals surface area contributed by atoms with Crippen LogP contribution in [0.4, 0.5) is 0 Å². The highest BCUT2D eigenvalue weighted by molar-refractivity contribution is 6.32. The number of aliphatic imine (C=N–C) groups is 1. The molecule has 1 aromatic heterocycles. The molecular formula is C17H21ClN4O. The van der Waals surface area contributed by atoms with Gasteiger partial charge in [-0.3, -0.25) is 4.98 Å². The van der Waals surface area contributed by atoms with E-state index in [-0.39, 0.29) is 6.10 Å². The van der Waals surface area contributed by atoms with Crippen LogP contribution in [0.1, 0.15) is 12.6 Å². The van der Waals surface area contributed by atoms with E-state index >= 15 is 0 Å². The summed E-state index contributed by atoms with van der Waals surface area (Å²) in [6, 6.07) is 13.2. The minimum absolute atomic E-state index is 0.119. The van der Waals surface area contributed by atoms with Crippen LogP contribution in [0.3, 0.4) is 0 Å². The van der Waals surface area contributed by atoms with Crippen molar-refractivity contribution in [3.05, 3.63) is 59.4 Å². The Morgan fingerprint density at radius 1 is 1.30 bits per heavy atom. The van der Waals surface area contributed by atoms with Crippen molar-refractivity contribution >= 4 is 17.6 Å². The summed E-state index contributed by atoms with van der Waals surface area (Å²) in [5.74, 6) is 1.05. The number of benzene rings is 1. The third kappa shape index (κ3) is 6.16. The molecule has 1 heterocycles. The molecule has 0 amide bonds. The monoisotopic (exact) mass is 332 g/mol. The standard InChI is InChI=1S/C17H21ClN4O/c1-13(23-16-8-3-2-7-15(16)18)12-22-17(19)21-11-9-14-6-4-5-10-20-14/h2-8,10,13H,9,11-12H2,1H3,(H3,19,21,22). The largest absolute Gasteiger partial charge is 0.487 e. The Kier molecular flexibility index (Phi) is 6.69. The summed E-state index contributed by atoms with van der Waals surface area (Å²) >= 11 is 6.05. The van der Waals surface area contributed by atoms with Gasteiger partial charge in [0.2, 0.25) is 0 Å². The van der Waals surface area contributed by atoms with Gasteiger partial charge in [-0.15, -0.1) is 0 Å². The van der Waals surface area contributed by atoms with Crippen molar-refractivity contribution in [1.82, 2.24) is 10.3 Å². The highest BCUT2D eigenvalue weighted by Gasteiger charge is 2.06. The molecule has 0 saturated carbocycles. The minimum atomic E-state index is -0.119. The van der Waals surface area contributed by atoms with Crippen molar-refractivity contribution in [1.29, 1.82) is 0 Å². The van der Waals surface area contributed by atoms with Crippen LogP contribution >= 0.6 is 11.6 Å². The van der Waals surface area contributed by atoms with Gasteiger partial charge in [0.25, 0.3) is 0 Å². The van der Waals surface area contributed by atoms with Gasteiger partial charge in [-0.2, -0.15) is 0 Å². The van der Waals surface area contributed by atoms with Crippen molar-refractivity contribution < 1.29 is 4.74 Å². The Labute approximate surface area is 141 Å². The number of pyridine rings is 1. The zero-order valence-corrected chi connectivity index (χ0v) is 13.8. The molecule has 0 bridgehead atoms. The Balaban J connectivity index is 1.72. The van der Waals surface area contributed by atoms with Gasteiger partial charge >= 0.3 is 0 Å². The van der Waals surface area contributed by atoms with Crippen LogP contribution in [0, 0.1) is 0 Å². The number of nitrogens with two attached hydrogens (primary N) is 1. The van der Waals surface area contributed by atoms with E-state index in [0.29, 0.717) is 29.8 Å². The Bertz CT molecular complexity index is 634. The van der Waals surface area contributed by atoms with Crippen LogP contribution in [0.5, 0.6) is 5.75 Å². The zero-order valence-electron chi connectivity index (χ0n) is 13.1.